The Balaban J connectivity index is 1.82. The fraction of sp³-hybridized carbons (Fsp3) is 0.625. The number of nitrogens with one attached hydrogen (secondary N) is 2. The van der Waals surface area contributed by atoms with Gasteiger partial charge in [-0.05, 0) is 49.4 Å². The van der Waals surface area contributed by atoms with Crippen LogP contribution in [0.4, 0.5) is 5.69 Å². The molecule has 1 aromatic carbocycles. The van der Waals surface area contributed by atoms with Crippen molar-refractivity contribution in [1.29, 1.82) is 0 Å². The molecule has 9 heteroatoms. The second-order valence-corrected chi connectivity index (χ2v) is 10.5. The molecule has 3 fully saturated rings. The molecule has 3 saturated heterocycles. The number of fused-ring (bicyclic) bond motifs is 1. The van der Waals surface area contributed by atoms with E-state index in [-0.39, 0.29) is 30.3 Å². The standard InChI is InChI=1S/C24H32ClN3O5/c1-12(2)16(11-29)28-19(21(31)27-15-8-6-14(25)7-9-15)24-10-13(3)23(4,33-24)17(20(30)26-5)18(24)22(28)32/h6-9,12-13,16-19,29H,10-11H2,1-5H3,(H,26,30)(H,27,31)/t13?,16-,17+,18-,19?,23-,24?/m0/s1. The van der Waals surface area contributed by atoms with Crippen molar-refractivity contribution in [2.45, 2.75) is 57.4 Å². The lowest BCUT2D eigenvalue weighted by molar-refractivity contribution is -0.150. The molecule has 8 nitrogen and oxygen atoms in total. The van der Waals surface area contributed by atoms with Crippen LogP contribution in [0.25, 0.3) is 0 Å². The highest BCUT2D eigenvalue weighted by atomic mass is 35.5. The molecule has 4 rings (SSSR count). The number of amides is 3. The van der Waals surface area contributed by atoms with Gasteiger partial charge < -0.3 is 25.4 Å². The number of aliphatic hydroxyl groups is 1. The number of carbonyl (C=O) groups excluding carboxylic acids is 3. The minimum atomic E-state index is -1.15. The maximum absolute atomic E-state index is 13.9. The number of ether oxygens (including phenoxy) is 1. The van der Waals surface area contributed by atoms with Crippen molar-refractivity contribution in [3.63, 3.8) is 0 Å². The first-order valence-corrected chi connectivity index (χ1v) is 11.8. The van der Waals surface area contributed by atoms with Crippen LogP contribution in [0.1, 0.15) is 34.1 Å². The summed E-state index contributed by atoms with van der Waals surface area (Å²) in [5, 5.41) is 16.3. The number of hydrogen-bond donors (Lipinski definition) is 3. The van der Waals surface area contributed by atoms with Gasteiger partial charge in [0.1, 0.15) is 11.6 Å². The Kier molecular flexibility index (Phi) is 6.00. The summed E-state index contributed by atoms with van der Waals surface area (Å²) in [6, 6.07) is 5.14. The fourth-order valence-corrected chi connectivity index (χ4v) is 6.38. The molecule has 1 spiro atoms. The molecule has 3 aliphatic rings. The monoisotopic (exact) mass is 477 g/mol. The summed E-state index contributed by atoms with van der Waals surface area (Å²) >= 11 is 5.98. The lowest BCUT2D eigenvalue weighted by Gasteiger charge is -2.38. The number of halogens is 1. The van der Waals surface area contributed by atoms with E-state index in [0.717, 1.165) is 0 Å². The third-order valence-corrected chi connectivity index (χ3v) is 8.21. The summed E-state index contributed by atoms with van der Waals surface area (Å²) in [4.78, 5) is 42.2. The van der Waals surface area contributed by atoms with Gasteiger partial charge >= 0.3 is 0 Å². The molecule has 2 bridgehead atoms. The van der Waals surface area contributed by atoms with Crippen molar-refractivity contribution in [3.05, 3.63) is 29.3 Å². The third kappa shape index (κ3) is 3.37. The number of carbonyl (C=O) groups is 3. The van der Waals surface area contributed by atoms with Crippen molar-refractivity contribution in [1.82, 2.24) is 10.2 Å². The van der Waals surface area contributed by atoms with Gasteiger partial charge in [0, 0.05) is 17.8 Å². The SMILES string of the molecule is CNC(=O)[C@H]1[C@H]2C(=O)N([C@@H](CO)C(C)C)C(C(=O)Nc3ccc(Cl)cc3)C23CC(C)[C@]1(C)O3. The van der Waals surface area contributed by atoms with Crippen LogP contribution in [-0.2, 0) is 19.1 Å². The normalized spacial score (nSPS) is 35.6. The number of aliphatic hydroxyl groups excluding tert-OH is 1. The average molecular weight is 478 g/mol. The minimum absolute atomic E-state index is 0.0405. The Morgan fingerprint density at radius 2 is 1.91 bits per heavy atom. The maximum Gasteiger partial charge on any atom is 0.250 e. The summed E-state index contributed by atoms with van der Waals surface area (Å²) in [5.41, 5.74) is -1.48. The predicted molar refractivity (Wildman–Crippen MR) is 123 cm³/mol. The van der Waals surface area contributed by atoms with Gasteiger partial charge in [-0.3, -0.25) is 14.4 Å². The van der Waals surface area contributed by atoms with Crippen LogP contribution in [-0.4, -0.2) is 64.7 Å². The van der Waals surface area contributed by atoms with Crippen LogP contribution in [0.5, 0.6) is 0 Å². The molecule has 0 saturated carbocycles. The molecule has 7 atom stereocenters. The van der Waals surface area contributed by atoms with Crippen LogP contribution in [0, 0.1) is 23.7 Å². The van der Waals surface area contributed by atoms with Gasteiger partial charge in [0.2, 0.25) is 17.7 Å². The Hall–Kier alpha value is -2.16. The Morgan fingerprint density at radius 3 is 2.45 bits per heavy atom. The zero-order valence-electron chi connectivity index (χ0n) is 19.6. The first-order valence-electron chi connectivity index (χ1n) is 11.4. The van der Waals surface area contributed by atoms with Crippen molar-refractivity contribution in [3.8, 4) is 0 Å². The molecular formula is C24H32ClN3O5. The Morgan fingerprint density at radius 1 is 1.27 bits per heavy atom. The van der Waals surface area contributed by atoms with Crippen LogP contribution in [0.3, 0.4) is 0 Å². The summed E-state index contributed by atoms with van der Waals surface area (Å²) in [6.07, 6.45) is 0.471. The van der Waals surface area contributed by atoms with E-state index in [0.29, 0.717) is 17.1 Å². The molecule has 1 aromatic rings. The van der Waals surface area contributed by atoms with Crippen molar-refractivity contribution in [2.24, 2.45) is 23.7 Å². The molecule has 33 heavy (non-hydrogen) atoms. The largest absolute Gasteiger partial charge is 0.394 e. The highest BCUT2D eigenvalue weighted by Crippen LogP contribution is 2.65. The predicted octanol–water partition coefficient (Wildman–Crippen LogP) is 2.05. The molecule has 3 aliphatic heterocycles. The van der Waals surface area contributed by atoms with Gasteiger partial charge in [-0.25, -0.2) is 0 Å². The average Bonchev–Trinajstić information content (AvgIpc) is 3.27. The molecule has 3 unspecified atom stereocenters. The second kappa shape index (κ2) is 8.25. The topological polar surface area (TPSA) is 108 Å². The van der Waals surface area contributed by atoms with E-state index in [1.165, 1.54) is 4.90 Å². The molecule has 0 aromatic heterocycles. The Labute approximate surface area is 199 Å². The third-order valence-electron chi connectivity index (χ3n) is 7.96. The van der Waals surface area contributed by atoms with Crippen LogP contribution in [0.15, 0.2) is 24.3 Å². The first-order chi connectivity index (χ1) is 15.5. The molecule has 0 radical (unpaired) electrons. The number of likely N-dealkylation sites (tertiary alicyclic amines) is 1. The van der Waals surface area contributed by atoms with Gasteiger partial charge in [0.05, 0.1) is 30.1 Å². The van der Waals surface area contributed by atoms with Gasteiger partial charge in [0.15, 0.2) is 0 Å². The summed E-state index contributed by atoms with van der Waals surface area (Å²) < 4.78 is 6.60. The number of hydrogen-bond acceptors (Lipinski definition) is 5. The molecular weight excluding hydrogens is 446 g/mol. The van der Waals surface area contributed by atoms with Crippen LogP contribution in [0.2, 0.25) is 5.02 Å². The number of benzene rings is 1. The lowest BCUT2D eigenvalue weighted by Crippen LogP contribution is -2.57. The van der Waals surface area contributed by atoms with Crippen LogP contribution < -0.4 is 10.6 Å². The summed E-state index contributed by atoms with van der Waals surface area (Å²) in [6.45, 7) is 7.35. The summed E-state index contributed by atoms with van der Waals surface area (Å²) in [7, 11) is 1.54. The number of nitrogens with zero attached hydrogens (tertiary/aromatic N) is 1. The zero-order valence-corrected chi connectivity index (χ0v) is 20.3. The van der Waals surface area contributed by atoms with E-state index in [1.807, 2.05) is 27.7 Å². The van der Waals surface area contributed by atoms with Crippen molar-refractivity contribution < 1.29 is 24.2 Å². The van der Waals surface area contributed by atoms with Crippen molar-refractivity contribution in [2.75, 3.05) is 19.0 Å². The first kappa shape index (κ1) is 24.0. The maximum atomic E-state index is 13.9. The molecule has 180 valence electrons. The van der Waals surface area contributed by atoms with E-state index in [2.05, 4.69) is 10.6 Å². The quantitative estimate of drug-likeness (QED) is 0.581. The molecule has 0 aliphatic carbocycles. The van der Waals surface area contributed by atoms with Gasteiger partial charge in [-0.1, -0.05) is 32.4 Å². The minimum Gasteiger partial charge on any atom is -0.394 e. The van der Waals surface area contributed by atoms with E-state index in [9.17, 15) is 19.5 Å². The highest BCUT2D eigenvalue weighted by Gasteiger charge is 2.80. The van der Waals surface area contributed by atoms with E-state index >= 15 is 0 Å². The van der Waals surface area contributed by atoms with E-state index < -0.39 is 41.0 Å². The molecule has 3 amide bonds. The van der Waals surface area contributed by atoms with Gasteiger partial charge in [-0.15, -0.1) is 0 Å². The highest BCUT2D eigenvalue weighted by molar-refractivity contribution is 6.30. The number of rotatable bonds is 6. The smallest absolute Gasteiger partial charge is 0.250 e. The lowest BCUT2D eigenvalue weighted by atomic mass is 9.62. The van der Waals surface area contributed by atoms with E-state index in [4.69, 9.17) is 16.3 Å². The molecule has 3 N–H and O–H groups in total. The zero-order chi connectivity index (χ0) is 24.3. The second-order valence-electron chi connectivity index (χ2n) is 10.1. The van der Waals surface area contributed by atoms with Crippen molar-refractivity contribution >= 4 is 35.0 Å². The summed E-state index contributed by atoms with van der Waals surface area (Å²) in [5.74, 6) is -2.66. The van der Waals surface area contributed by atoms with Crippen LogP contribution >= 0.6 is 11.6 Å². The van der Waals surface area contributed by atoms with E-state index in [1.54, 1.807) is 31.3 Å². The number of anilines is 1. The van der Waals surface area contributed by atoms with Gasteiger partial charge in [-0.2, -0.15) is 0 Å². The molecule has 3 heterocycles. The Bertz CT molecular complexity index is 969. The fourth-order valence-electron chi connectivity index (χ4n) is 6.25. The van der Waals surface area contributed by atoms with Gasteiger partial charge in [0.25, 0.3) is 0 Å².